The SMILES string of the molecule is CC(C)CCn1c(=O)c(C2=NS(=O)(=O)c3c(ccc(NC(=O)CF)c3[N+](=O)[O-])N2)c(O)c2ncccc21. The standard InChI is InChI=1S/C22H21FN6O7S/c1-11(2)7-9-28-14-4-3-8-24-17(14)19(31)16(22(28)32)21-26-13-6-5-12(25-15(30)10-23)18(29(33)34)20(13)37(35,36)27-21/h3-6,8,11,31H,7,9-10H2,1-2H3,(H,25,30)(H,26,27). The van der Waals surface area contributed by atoms with Gasteiger partial charge in [-0.25, -0.2) is 4.39 Å². The average Bonchev–Trinajstić information content (AvgIpc) is 2.83. The predicted octanol–water partition coefficient (Wildman–Crippen LogP) is 2.53. The minimum atomic E-state index is -4.85. The third-order valence-electron chi connectivity index (χ3n) is 5.60. The number of amidine groups is 1. The number of amides is 1. The molecular weight excluding hydrogens is 511 g/mol. The summed E-state index contributed by atoms with van der Waals surface area (Å²) in [5.41, 5.74) is -2.78. The maximum Gasteiger partial charge on any atom is 0.315 e. The number of nitro groups is 1. The van der Waals surface area contributed by atoms with Gasteiger partial charge in [-0.05, 0) is 36.6 Å². The van der Waals surface area contributed by atoms with Crippen molar-refractivity contribution in [3.63, 3.8) is 0 Å². The molecule has 4 rings (SSSR count). The second kappa shape index (κ2) is 9.57. The Labute approximate surface area is 208 Å². The molecular formula is C22H21FN6O7S. The van der Waals surface area contributed by atoms with Crippen LogP contribution in [0.3, 0.4) is 0 Å². The fraction of sp³-hybridized carbons (Fsp3) is 0.273. The van der Waals surface area contributed by atoms with E-state index in [0.717, 1.165) is 12.1 Å². The van der Waals surface area contributed by atoms with Gasteiger partial charge in [0.2, 0.25) is 0 Å². The van der Waals surface area contributed by atoms with Crippen LogP contribution in [0.2, 0.25) is 0 Å². The number of nitro benzene ring substituents is 1. The number of aromatic hydroxyl groups is 1. The van der Waals surface area contributed by atoms with E-state index in [-0.39, 0.29) is 23.7 Å². The van der Waals surface area contributed by atoms with E-state index >= 15 is 0 Å². The van der Waals surface area contributed by atoms with E-state index in [1.165, 1.54) is 10.8 Å². The number of nitrogens with one attached hydrogen (secondary N) is 2. The van der Waals surface area contributed by atoms with Crippen molar-refractivity contribution in [3.05, 3.63) is 56.5 Å². The molecule has 1 amide bonds. The number of aromatic nitrogens is 2. The number of aryl methyl sites for hydroxylation is 1. The van der Waals surface area contributed by atoms with Gasteiger partial charge in [0, 0.05) is 12.7 Å². The van der Waals surface area contributed by atoms with Crippen molar-refractivity contribution in [2.24, 2.45) is 10.3 Å². The van der Waals surface area contributed by atoms with Crippen LogP contribution in [-0.2, 0) is 21.4 Å². The van der Waals surface area contributed by atoms with E-state index in [1.54, 1.807) is 12.1 Å². The molecule has 0 saturated carbocycles. The second-order valence-electron chi connectivity index (χ2n) is 8.55. The van der Waals surface area contributed by atoms with Crippen molar-refractivity contribution >= 4 is 49.9 Å². The van der Waals surface area contributed by atoms with Crippen molar-refractivity contribution in [2.75, 3.05) is 17.3 Å². The molecule has 0 atom stereocenters. The molecule has 194 valence electrons. The minimum Gasteiger partial charge on any atom is -0.505 e. The molecule has 1 aliphatic heterocycles. The highest BCUT2D eigenvalue weighted by Gasteiger charge is 2.38. The van der Waals surface area contributed by atoms with Crippen LogP contribution in [-0.4, -0.2) is 46.4 Å². The maximum absolute atomic E-state index is 13.5. The Bertz CT molecular complexity index is 1650. The van der Waals surface area contributed by atoms with Crippen LogP contribution >= 0.6 is 0 Å². The highest BCUT2D eigenvalue weighted by atomic mass is 32.2. The molecule has 37 heavy (non-hydrogen) atoms. The Kier molecular flexibility index (Phi) is 6.64. The first-order valence-corrected chi connectivity index (χ1v) is 12.4. The lowest BCUT2D eigenvalue weighted by Gasteiger charge is -2.21. The molecule has 1 aliphatic rings. The molecule has 3 N–H and O–H groups in total. The number of alkyl halides is 1. The van der Waals surface area contributed by atoms with Gasteiger partial charge >= 0.3 is 5.69 Å². The van der Waals surface area contributed by atoms with Crippen LogP contribution in [0.1, 0.15) is 25.8 Å². The lowest BCUT2D eigenvalue weighted by Crippen LogP contribution is -2.33. The number of pyridine rings is 2. The largest absolute Gasteiger partial charge is 0.505 e. The summed E-state index contributed by atoms with van der Waals surface area (Å²) >= 11 is 0. The third kappa shape index (κ3) is 4.60. The van der Waals surface area contributed by atoms with Crippen molar-refractivity contribution in [1.82, 2.24) is 9.55 Å². The monoisotopic (exact) mass is 532 g/mol. The molecule has 0 aliphatic carbocycles. The van der Waals surface area contributed by atoms with E-state index in [0.29, 0.717) is 11.9 Å². The number of hydrogen-bond donors (Lipinski definition) is 3. The number of nitrogens with zero attached hydrogens (tertiary/aromatic N) is 4. The van der Waals surface area contributed by atoms with Crippen LogP contribution in [0, 0.1) is 16.0 Å². The molecule has 2 aromatic heterocycles. The number of sulfonamides is 1. The van der Waals surface area contributed by atoms with Crippen LogP contribution in [0.5, 0.6) is 5.75 Å². The third-order valence-corrected chi connectivity index (χ3v) is 6.95. The molecule has 0 bridgehead atoms. The molecule has 0 fully saturated rings. The molecule has 0 unspecified atom stereocenters. The summed E-state index contributed by atoms with van der Waals surface area (Å²) in [5, 5.41) is 27.2. The average molecular weight is 533 g/mol. The van der Waals surface area contributed by atoms with Gasteiger partial charge in [-0.3, -0.25) is 24.7 Å². The van der Waals surface area contributed by atoms with Crippen LogP contribution in [0.4, 0.5) is 21.5 Å². The van der Waals surface area contributed by atoms with Gasteiger partial charge in [-0.2, -0.15) is 8.42 Å². The van der Waals surface area contributed by atoms with Crippen molar-refractivity contribution < 1.29 is 27.6 Å². The van der Waals surface area contributed by atoms with Crippen molar-refractivity contribution in [1.29, 1.82) is 0 Å². The topological polar surface area (TPSA) is 186 Å². The number of hydrogen-bond acceptors (Lipinski definition) is 9. The number of carbonyl (C=O) groups excluding carboxylic acids is 1. The maximum atomic E-state index is 13.5. The lowest BCUT2D eigenvalue weighted by atomic mass is 10.1. The molecule has 3 heterocycles. The first-order valence-electron chi connectivity index (χ1n) is 11.0. The summed E-state index contributed by atoms with van der Waals surface area (Å²) in [5.74, 6) is -2.17. The zero-order valence-corrected chi connectivity index (χ0v) is 20.4. The zero-order chi connectivity index (χ0) is 27.1. The Morgan fingerprint density at radius 1 is 1.32 bits per heavy atom. The molecule has 0 spiro atoms. The quantitative estimate of drug-likeness (QED) is 0.304. The van der Waals surface area contributed by atoms with Gasteiger partial charge in [-0.15, -0.1) is 4.40 Å². The Morgan fingerprint density at radius 3 is 2.70 bits per heavy atom. The van der Waals surface area contributed by atoms with E-state index in [9.17, 15) is 37.6 Å². The number of benzene rings is 1. The number of anilines is 2. The van der Waals surface area contributed by atoms with Crippen molar-refractivity contribution in [3.8, 4) is 5.75 Å². The fourth-order valence-corrected chi connectivity index (χ4v) is 5.20. The van der Waals surface area contributed by atoms with E-state index in [1.807, 2.05) is 19.2 Å². The minimum absolute atomic E-state index is 0.0313. The zero-order valence-electron chi connectivity index (χ0n) is 19.6. The van der Waals surface area contributed by atoms with Gasteiger partial charge in [0.05, 0.1) is 16.1 Å². The molecule has 0 radical (unpaired) electrons. The summed E-state index contributed by atoms with van der Waals surface area (Å²) in [7, 11) is -4.85. The summed E-state index contributed by atoms with van der Waals surface area (Å²) in [4.78, 5) is 38.9. The Balaban J connectivity index is 1.94. The number of rotatable bonds is 7. The van der Waals surface area contributed by atoms with Gasteiger partial charge in [0.1, 0.15) is 16.8 Å². The fourth-order valence-electron chi connectivity index (χ4n) is 3.90. The Hall–Kier alpha value is -4.40. The van der Waals surface area contributed by atoms with E-state index in [2.05, 4.69) is 14.7 Å². The summed E-state index contributed by atoms with van der Waals surface area (Å²) < 4.78 is 43.9. The van der Waals surface area contributed by atoms with Crippen LogP contribution in [0.15, 0.2) is 44.6 Å². The first kappa shape index (κ1) is 25.7. The van der Waals surface area contributed by atoms with Gasteiger partial charge in [0.25, 0.3) is 21.5 Å². The first-order chi connectivity index (χ1) is 17.5. The van der Waals surface area contributed by atoms with E-state index in [4.69, 9.17) is 0 Å². The summed E-state index contributed by atoms with van der Waals surface area (Å²) in [6, 6.07) is 5.28. The highest BCUT2D eigenvalue weighted by molar-refractivity contribution is 7.90. The molecule has 13 nitrogen and oxygen atoms in total. The highest BCUT2D eigenvalue weighted by Crippen LogP contribution is 2.41. The second-order valence-corrected chi connectivity index (χ2v) is 10.1. The van der Waals surface area contributed by atoms with Crippen LogP contribution < -0.4 is 16.2 Å². The van der Waals surface area contributed by atoms with Crippen molar-refractivity contribution in [2.45, 2.75) is 31.7 Å². The van der Waals surface area contributed by atoms with Crippen LogP contribution in [0.25, 0.3) is 11.0 Å². The number of fused-ring (bicyclic) bond motifs is 2. The van der Waals surface area contributed by atoms with Gasteiger partial charge in [0.15, 0.2) is 23.2 Å². The Morgan fingerprint density at radius 2 is 2.05 bits per heavy atom. The molecule has 15 heteroatoms. The smallest absolute Gasteiger partial charge is 0.315 e. The molecule has 3 aromatic rings. The number of carbonyl (C=O) groups is 1. The normalized spacial score (nSPS) is 14.1. The van der Waals surface area contributed by atoms with Gasteiger partial charge < -0.3 is 20.3 Å². The predicted molar refractivity (Wildman–Crippen MR) is 132 cm³/mol. The lowest BCUT2D eigenvalue weighted by molar-refractivity contribution is -0.386. The van der Waals surface area contributed by atoms with Gasteiger partial charge in [-0.1, -0.05) is 13.8 Å². The summed E-state index contributed by atoms with van der Waals surface area (Å²) in [6.45, 7) is 2.67. The number of halogens is 1. The van der Waals surface area contributed by atoms with E-state index < -0.39 is 66.5 Å². The molecule has 0 saturated heterocycles. The summed E-state index contributed by atoms with van der Waals surface area (Å²) in [6.07, 6.45) is 1.98. The molecule has 1 aromatic carbocycles.